The van der Waals surface area contributed by atoms with Gasteiger partial charge in [-0.25, -0.2) is 9.78 Å². The largest absolute Gasteiger partial charge is 0.480 e. The fourth-order valence-electron chi connectivity index (χ4n) is 2.42. The number of rotatable bonds is 3. The predicted octanol–water partition coefficient (Wildman–Crippen LogP) is 1.49. The minimum Gasteiger partial charge on any atom is -0.480 e. The van der Waals surface area contributed by atoms with E-state index >= 15 is 0 Å². The van der Waals surface area contributed by atoms with Crippen molar-refractivity contribution in [1.82, 2.24) is 15.1 Å². The van der Waals surface area contributed by atoms with Crippen molar-refractivity contribution in [1.29, 1.82) is 0 Å². The molecular weight excluding hydrogens is 260 g/mol. The standard InChI is InChI=1S/C13H14N4O3/c1-8-15-12(20-16-8)9-4-5-14-11(7-9)17-6-2-3-10(17)13(18)19/h4-5,7,10H,2-3,6H2,1H3,(H,18,19). The van der Waals surface area contributed by atoms with Crippen LogP contribution in [0.4, 0.5) is 5.82 Å². The lowest BCUT2D eigenvalue weighted by Gasteiger charge is -2.22. The van der Waals surface area contributed by atoms with Gasteiger partial charge in [-0.3, -0.25) is 0 Å². The Kier molecular flexibility index (Phi) is 3.09. The smallest absolute Gasteiger partial charge is 0.326 e. The number of aromatic nitrogens is 3. The first-order chi connectivity index (χ1) is 9.65. The number of carboxylic acids is 1. The van der Waals surface area contributed by atoms with E-state index in [9.17, 15) is 9.90 Å². The van der Waals surface area contributed by atoms with Crippen molar-refractivity contribution in [3.63, 3.8) is 0 Å². The topological polar surface area (TPSA) is 92.4 Å². The number of hydrogen-bond donors (Lipinski definition) is 1. The molecule has 3 rings (SSSR count). The van der Waals surface area contributed by atoms with Crippen LogP contribution in [0.15, 0.2) is 22.9 Å². The number of aliphatic carboxylic acids is 1. The molecule has 0 bridgehead atoms. The Balaban J connectivity index is 1.93. The van der Waals surface area contributed by atoms with Crippen LogP contribution in [0.5, 0.6) is 0 Å². The van der Waals surface area contributed by atoms with Gasteiger partial charge in [0.2, 0.25) is 0 Å². The minimum absolute atomic E-state index is 0.414. The SMILES string of the molecule is Cc1noc(-c2ccnc(N3CCCC3C(=O)O)c2)n1. The average Bonchev–Trinajstić information content (AvgIpc) is 3.07. The van der Waals surface area contributed by atoms with Crippen LogP contribution in [0.2, 0.25) is 0 Å². The first-order valence-electron chi connectivity index (χ1n) is 6.41. The summed E-state index contributed by atoms with van der Waals surface area (Å²) in [6.07, 6.45) is 3.12. The predicted molar refractivity (Wildman–Crippen MR) is 70.3 cm³/mol. The molecule has 1 fully saturated rings. The maximum absolute atomic E-state index is 11.2. The second-order valence-electron chi connectivity index (χ2n) is 4.74. The van der Waals surface area contributed by atoms with Crippen LogP contribution in [0.1, 0.15) is 18.7 Å². The molecule has 1 saturated heterocycles. The molecule has 1 atom stereocenters. The molecule has 1 aliphatic heterocycles. The third kappa shape index (κ3) is 2.22. The Morgan fingerprint density at radius 3 is 3.10 bits per heavy atom. The third-order valence-electron chi connectivity index (χ3n) is 3.35. The number of nitrogens with zero attached hydrogens (tertiary/aromatic N) is 4. The fourth-order valence-corrected chi connectivity index (χ4v) is 2.42. The average molecular weight is 274 g/mol. The molecule has 1 aliphatic rings. The minimum atomic E-state index is -0.816. The Bertz CT molecular complexity index is 640. The summed E-state index contributed by atoms with van der Waals surface area (Å²) in [5.74, 6) is 0.784. The first-order valence-corrected chi connectivity index (χ1v) is 6.41. The Hall–Kier alpha value is -2.44. The summed E-state index contributed by atoms with van der Waals surface area (Å²) in [7, 11) is 0. The molecule has 104 valence electrons. The van der Waals surface area contributed by atoms with Crippen molar-refractivity contribution in [3.8, 4) is 11.5 Å². The van der Waals surface area contributed by atoms with Crippen molar-refractivity contribution in [2.24, 2.45) is 0 Å². The molecular formula is C13H14N4O3. The Labute approximate surface area is 115 Å². The molecule has 0 amide bonds. The summed E-state index contributed by atoms with van der Waals surface area (Å²) < 4.78 is 5.12. The summed E-state index contributed by atoms with van der Waals surface area (Å²) >= 11 is 0. The van der Waals surface area contributed by atoms with Gasteiger partial charge < -0.3 is 14.5 Å². The van der Waals surface area contributed by atoms with Crippen LogP contribution in [0.3, 0.4) is 0 Å². The molecule has 0 aromatic carbocycles. The van der Waals surface area contributed by atoms with E-state index in [0.717, 1.165) is 12.0 Å². The molecule has 20 heavy (non-hydrogen) atoms. The van der Waals surface area contributed by atoms with Gasteiger partial charge in [0.1, 0.15) is 11.9 Å². The van der Waals surface area contributed by atoms with E-state index < -0.39 is 12.0 Å². The maximum atomic E-state index is 11.2. The van der Waals surface area contributed by atoms with Gasteiger partial charge in [-0.1, -0.05) is 5.16 Å². The van der Waals surface area contributed by atoms with Crippen LogP contribution < -0.4 is 4.90 Å². The van der Waals surface area contributed by atoms with Crippen LogP contribution >= 0.6 is 0 Å². The van der Waals surface area contributed by atoms with E-state index in [1.54, 1.807) is 30.2 Å². The van der Waals surface area contributed by atoms with Crippen LogP contribution in [0.25, 0.3) is 11.5 Å². The number of carbonyl (C=O) groups is 1. The number of anilines is 1. The van der Waals surface area contributed by atoms with Gasteiger partial charge in [-0.2, -0.15) is 4.98 Å². The van der Waals surface area contributed by atoms with E-state index in [2.05, 4.69) is 15.1 Å². The van der Waals surface area contributed by atoms with E-state index in [0.29, 0.717) is 30.5 Å². The number of pyridine rings is 1. The molecule has 2 aromatic rings. The van der Waals surface area contributed by atoms with Gasteiger partial charge in [0.25, 0.3) is 5.89 Å². The molecule has 2 aromatic heterocycles. The lowest BCUT2D eigenvalue weighted by Crippen LogP contribution is -2.36. The van der Waals surface area contributed by atoms with Crippen molar-refractivity contribution in [2.45, 2.75) is 25.8 Å². The highest BCUT2D eigenvalue weighted by molar-refractivity contribution is 5.78. The summed E-state index contributed by atoms with van der Waals surface area (Å²) in [5, 5.41) is 13.0. The summed E-state index contributed by atoms with van der Waals surface area (Å²) in [6, 6.07) is 3.04. The van der Waals surface area contributed by atoms with Crippen molar-refractivity contribution >= 4 is 11.8 Å². The van der Waals surface area contributed by atoms with Gasteiger partial charge in [-0.15, -0.1) is 0 Å². The van der Waals surface area contributed by atoms with Crippen LogP contribution in [-0.4, -0.2) is 38.8 Å². The highest BCUT2D eigenvalue weighted by Crippen LogP contribution is 2.27. The third-order valence-corrected chi connectivity index (χ3v) is 3.35. The molecule has 1 unspecified atom stereocenters. The van der Waals surface area contributed by atoms with E-state index in [-0.39, 0.29) is 0 Å². The van der Waals surface area contributed by atoms with Crippen molar-refractivity contribution < 1.29 is 14.4 Å². The monoisotopic (exact) mass is 274 g/mol. The van der Waals surface area contributed by atoms with Gasteiger partial charge >= 0.3 is 5.97 Å². The quantitative estimate of drug-likeness (QED) is 0.906. The lowest BCUT2D eigenvalue weighted by atomic mass is 10.2. The molecule has 3 heterocycles. The maximum Gasteiger partial charge on any atom is 0.326 e. The van der Waals surface area contributed by atoms with Crippen molar-refractivity contribution in [2.75, 3.05) is 11.4 Å². The van der Waals surface area contributed by atoms with E-state index in [1.807, 2.05) is 0 Å². The molecule has 0 saturated carbocycles. The molecule has 7 heteroatoms. The number of carboxylic acid groups (broad SMARTS) is 1. The molecule has 0 spiro atoms. The fraction of sp³-hybridized carbons (Fsp3) is 0.385. The van der Waals surface area contributed by atoms with E-state index in [4.69, 9.17) is 4.52 Å². The summed E-state index contributed by atoms with van der Waals surface area (Å²) in [5.41, 5.74) is 0.742. The van der Waals surface area contributed by atoms with Gasteiger partial charge in [-0.05, 0) is 31.9 Å². The summed E-state index contributed by atoms with van der Waals surface area (Å²) in [4.78, 5) is 21.5. The van der Waals surface area contributed by atoms with Gasteiger partial charge in [0, 0.05) is 18.3 Å². The Morgan fingerprint density at radius 1 is 1.55 bits per heavy atom. The highest BCUT2D eigenvalue weighted by Gasteiger charge is 2.31. The lowest BCUT2D eigenvalue weighted by molar-refractivity contribution is -0.138. The normalized spacial score (nSPS) is 18.4. The van der Waals surface area contributed by atoms with Gasteiger partial charge in [0.05, 0.1) is 0 Å². The zero-order chi connectivity index (χ0) is 14.1. The molecule has 7 nitrogen and oxygen atoms in total. The number of aryl methyl sites for hydroxylation is 1. The zero-order valence-electron chi connectivity index (χ0n) is 11.0. The highest BCUT2D eigenvalue weighted by atomic mass is 16.5. The summed E-state index contributed by atoms with van der Waals surface area (Å²) in [6.45, 7) is 2.44. The number of hydrogen-bond acceptors (Lipinski definition) is 6. The van der Waals surface area contributed by atoms with Crippen LogP contribution in [0, 0.1) is 6.92 Å². The first kappa shape index (κ1) is 12.6. The van der Waals surface area contributed by atoms with E-state index in [1.165, 1.54) is 0 Å². The molecule has 1 N–H and O–H groups in total. The van der Waals surface area contributed by atoms with Crippen LogP contribution in [-0.2, 0) is 4.79 Å². The van der Waals surface area contributed by atoms with Gasteiger partial charge in [0.15, 0.2) is 5.82 Å². The molecule has 0 aliphatic carbocycles. The Morgan fingerprint density at radius 2 is 2.40 bits per heavy atom. The van der Waals surface area contributed by atoms with Crippen molar-refractivity contribution in [3.05, 3.63) is 24.2 Å². The molecule has 0 radical (unpaired) electrons. The second-order valence-corrected chi connectivity index (χ2v) is 4.74. The second kappa shape index (κ2) is 4.92. The zero-order valence-corrected chi connectivity index (χ0v) is 11.0.